The molecule has 0 amide bonds. The van der Waals surface area contributed by atoms with E-state index < -0.39 is 0 Å². The van der Waals surface area contributed by atoms with Crippen molar-refractivity contribution in [2.24, 2.45) is 0 Å². The molecule has 0 spiro atoms. The zero-order chi connectivity index (χ0) is 11.7. The van der Waals surface area contributed by atoms with Gasteiger partial charge in [0.2, 0.25) is 0 Å². The van der Waals surface area contributed by atoms with Crippen LogP contribution in [0.4, 0.5) is 5.69 Å². The Hall–Kier alpha value is -1.83. The van der Waals surface area contributed by atoms with E-state index in [1.54, 1.807) is 6.20 Å². The number of hydrogen-bond donors (Lipinski definition) is 1. The highest BCUT2D eigenvalue weighted by atomic mass is 14.7. The Morgan fingerprint density at radius 3 is 2.41 bits per heavy atom. The molecular weight excluding hydrogens is 208 g/mol. The number of nitrogens with two attached hydrogens (primary N) is 1. The van der Waals surface area contributed by atoms with Gasteiger partial charge >= 0.3 is 0 Å². The Morgan fingerprint density at radius 2 is 1.82 bits per heavy atom. The summed E-state index contributed by atoms with van der Waals surface area (Å²) in [4.78, 5) is 4.13. The zero-order valence-electron chi connectivity index (χ0n) is 9.76. The van der Waals surface area contributed by atoms with Gasteiger partial charge in [-0.1, -0.05) is 30.7 Å². The molecule has 1 heterocycles. The molecule has 2 aromatic rings. The Morgan fingerprint density at radius 1 is 1.06 bits per heavy atom. The topological polar surface area (TPSA) is 38.9 Å². The van der Waals surface area contributed by atoms with Gasteiger partial charge < -0.3 is 5.73 Å². The van der Waals surface area contributed by atoms with Crippen LogP contribution in [0.1, 0.15) is 30.7 Å². The van der Waals surface area contributed by atoms with Crippen LogP contribution in [-0.2, 0) is 0 Å². The largest absolute Gasteiger partial charge is 0.398 e. The van der Waals surface area contributed by atoms with Crippen LogP contribution in [0.15, 0.2) is 42.7 Å². The van der Waals surface area contributed by atoms with Gasteiger partial charge in [-0.25, -0.2) is 0 Å². The fraction of sp³-hybridized carbons (Fsp3) is 0.267. The number of nitrogen functional groups attached to an aromatic ring is 1. The Kier molecular flexibility index (Phi) is 2.56. The smallest absolute Gasteiger partial charge is 0.0424 e. The lowest BCUT2D eigenvalue weighted by Crippen LogP contribution is -2.08. The van der Waals surface area contributed by atoms with Crippen molar-refractivity contribution in [3.63, 3.8) is 0 Å². The van der Waals surface area contributed by atoms with Gasteiger partial charge in [0.15, 0.2) is 0 Å². The van der Waals surface area contributed by atoms with Gasteiger partial charge in [-0.3, -0.25) is 4.98 Å². The Bertz CT molecular complexity index is 513. The number of hydrogen-bond acceptors (Lipinski definition) is 2. The van der Waals surface area contributed by atoms with E-state index in [2.05, 4.69) is 29.2 Å². The molecule has 2 nitrogen and oxygen atoms in total. The third-order valence-corrected chi connectivity index (χ3v) is 3.65. The molecule has 0 saturated heterocycles. The molecule has 1 aromatic carbocycles. The molecule has 1 fully saturated rings. The quantitative estimate of drug-likeness (QED) is 0.846. The second-order valence-electron chi connectivity index (χ2n) is 4.71. The minimum absolute atomic E-state index is 0.787. The maximum atomic E-state index is 5.95. The zero-order valence-corrected chi connectivity index (χ0v) is 9.76. The monoisotopic (exact) mass is 224 g/mol. The van der Waals surface area contributed by atoms with Crippen molar-refractivity contribution in [3.05, 3.63) is 48.3 Å². The van der Waals surface area contributed by atoms with E-state index in [0.717, 1.165) is 22.7 Å². The number of pyridine rings is 1. The maximum Gasteiger partial charge on any atom is 0.0424 e. The molecular formula is C15H16N2. The fourth-order valence-corrected chi connectivity index (χ4v) is 2.32. The number of nitrogens with zero attached hydrogens (tertiary/aromatic N) is 1. The first-order valence-corrected chi connectivity index (χ1v) is 6.14. The summed E-state index contributed by atoms with van der Waals surface area (Å²) >= 11 is 0. The number of rotatable bonds is 2. The minimum atomic E-state index is 0.787. The van der Waals surface area contributed by atoms with E-state index >= 15 is 0 Å². The van der Waals surface area contributed by atoms with Crippen molar-refractivity contribution < 1.29 is 0 Å². The van der Waals surface area contributed by atoms with Gasteiger partial charge in [0.05, 0.1) is 0 Å². The molecule has 0 aliphatic heterocycles. The lowest BCUT2D eigenvalue weighted by Gasteiger charge is -2.25. The van der Waals surface area contributed by atoms with Gasteiger partial charge in [0.25, 0.3) is 0 Å². The van der Waals surface area contributed by atoms with Crippen LogP contribution in [0.3, 0.4) is 0 Å². The van der Waals surface area contributed by atoms with Crippen LogP contribution in [-0.4, -0.2) is 4.98 Å². The van der Waals surface area contributed by atoms with Crippen molar-refractivity contribution in [1.29, 1.82) is 0 Å². The van der Waals surface area contributed by atoms with Crippen LogP contribution < -0.4 is 5.73 Å². The van der Waals surface area contributed by atoms with E-state index in [1.165, 1.54) is 24.8 Å². The second-order valence-corrected chi connectivity index (χ2v) is 4.71. The summed E-state index contributed by atoms with van der Waals surface area (Å²) in [7, 11) is 0. The van der Waals surface area contributed by atoms with E-state index in [4.69, 9.17) is 5.73 Å². The molecule has 0 unspecified atom stereocenters. The second kappa shape index (κ2) is 4.21. The van der Waals surface area contributed by atoms with Crippen LogP contribution in [0.2, 0.25) is 0 Å². The van der Waals surface area contributed by atoms with E-state index in [-0.39, 0.29) is 0 Å². The standard InChI is InChI=1S/C15H16N2/c16-15-8-9-17-10-14(15)13-6-4-12(5-7-13)11-2-1-3-11/h4-11H,1-3H2,(H2,16,17). The SMILES string of the molecule is Nc1ccncc1-c1ccc(C2CCC2)cc1. The summed E-state index contributed by atoms with van der Waals surface area (Å²) in [5.41, 5.74) is 10.4. The molecule has 1 aromatic heterocycles. The average Bonchev–Trinajstić information content (AvgIpc) is 2.29. The molecule has 0 radical (unpaired) electrons. The molecule has 2 N–H and O–H groups in total. The third-order valence-electron chi connectivity index (χ3n) is 3.65. The lowest BCUT2D eigenvalue weighted by atomic mass is 9.80. The van der Waals surface area contributed by atoms with Crippen LogP contribution in [0.25, 0.3) is 11.1 Å². The Labute approximate surface area is 102 Å². The summed E-state index contributed by atoms with van der Waals surface area (Å²) in [6.07, 6.45) is 7.61. The molecule has 0 bridgehead atoms. The summed E-state index contributed by atoms with van der Waals surface area (Å²) in [5, 5.41) is 0. The van der Waals surface area contributed by atoms with Gasteiger partial charge in [0.1, 0.15) is 0 Å². The van der Waals surface area contributed by atoms with E-state index in [1.807, 2.05) is 12.3 Å². The molecule has 3 rings (SSSR count). The summed E-state index contributed by atoms with van der Waals surface area (Å²) in [6.45, 7) is 0. The number of anilines is 1. The molecule has 1 aliphatic rings. The molecule has 17 heavy (non-hydrogen) atoms. The number of aromatic nitrogens is 1. The van der Waals surface area contributed by atoms with Gasteiger partial charge in [-0.15, -0.1) is 0 Å². The predicted octanol–water partition coefficient (Wildman–Crippen LogP) is 3.60. The van der Waals surface area contributed by atoms with E-state index in [0.29, 0.717) is 0 Å². The molecule has 2 heteroatoms. The maximum absolute atomic E-state index is 5.95. The van der Waals surface area contributed by atoms with E-state index in [9.17, 15) is 0 Å². The highest BCUT2D eigenvalue weighted by molar-refractivity contribution is 5.75. The van der Waals surface area contributed by atoms with Crippen LogP contribution >= 0.6 is 0 Å². The summed E-state index contributed by atoms with van der Waals surface area (Å²) < 4.78 is 0. The van der Waals surface area contributed by atoms with Crippen molar-refractivity contribution >= 4 is 5.69 Å². The van der Waals surface area contributed by atoms with Gasteiger partial charge in [-0.05, 0) is 36.0 Å². The van der Waals surface area contributed by atoms with Crippen molar-refractivity contribution in [2.75, 3.05) is 5.73 Å². The van der Waals surface area contributed by atoms with Crippen molar-refractivity contribution in [3.8, 4) is 11.1 Å². The highest BCUT2D eigenvalue weighted by Gasteiger charge is 2.19. The van der Waals surface area contributed by atoms with Gasteiger partial charge in [-0.2, -0.15) is 0 Å². The van der Waals surface area contributed by atoms with Crippen molar-refractivity contribution in [2.45, 2.75) is 25.2 Å². The number of benzene rings is 1. The van der Waals surface area contributed by atoms with Crippen molar-refractivity contribution in [1.82, 2.24) is 4.98 Å². The first-order chi connectivity index (χ1) is 8.34. The summed E-state index contributed by atoms with van der Waals surface area (Å²) in [6, 6.07) is 10.6. The molecule has 0 atom stereocenters. The Balaban J connectivity index is 1.91. The molecule has 1 saturated carbocycles. The van der Waals surface area contributed by atoms with Crippen LogP contribution in [0, 0.1) is 0 Å². The highest BCUT2D eigenvalue weighted by Crippen LogP contribution is 2.37. The average molecular weight is 224 g/mol. The first kappa shape index (κ1) is 10.3. The van der Waals surface area contributed by atoms with Crippen LogP contribution in [0.5, 0.6) is 0 Å². The third kappa shape index (κ3) is 1.91. The summed E-state index contributed by atoms with van der Waals surface area (Å²) in [5.74, 6) is 0.787. The fourth-order valence-electron chi connectivity index (χ4n) is 2.32. The normalized spacial score (nSPS) is 15.5. The predicted molar refractivity (Wildman–Crippen MR) is 70.7 cm³/mol. The van der Waals surface area contributed by atoms with Gasteiger partial charge in [0, 0.05) is 23.6 Å². The minimum Gasteiger partial charge on any atom is -0.398 e. The molecule has 1 aliphatic carbocycles. The molecule has 86 valence electrons. The first-order valence-electron chi connectivity index (χ1n) is 6.14. The lowest BCUT2D eigenvalue weighted by molar-refractivity contribution is 0.420.